The summed E-state index contributed by atoms with van der Waals surface area (Å²) in [5.41, 5.74) is 0.459. The molecule has 0 N–H and O–H groups in total. The molecule has 5 atom stereocenters. The third-order valence-corrected chi connectivity index (χ3v) is 4.97. The van der Waals surface area contributed by atoms with Gasteiger partial charge in [-0.2, -0.15) is 0 Å². The highest BCUT2D eigenvalue weighted by Crippen LogP contribution is 2.59. The normalized spacial score (nSPS) is 35.7. The molecule has 15 heavy (non-hydrogen) atoms. The van der Waals surface area contributed by atoms with Gasteiger partial charge < -0.3 is 0 Å². The molecule has 0 bridgehead atoms. The van der Waals surface area contributed by atoms with E-state index in [2.05, 4.69) is 47.3 Å². The third kappa shape index (κ3) is 2.46. The largest absolute Gasteiger partial charge is 0.103 e. The van der Waals surface area contributed by atoms with E-state index in [1.165, 1.54) is 19.3 Å². The minimum Gasteiger partial charge on any atom is -0.103 e. The molecule has 0 spiro atoms. The van der Waals surface area contributed by atoms with Gasteiger partial charge in [-0.1, -0.05) is 53.5 Å². The van der Waals surface area contributed by atoms with Crippen molar-refractivity contribution in [3.63, 3.8) is 0 Å². The lowest BCUT2D eigenvalue weighted by atomic mass is 9.76. The number of hydrogen-bond donors (Lipinski definition) is 0. The van der Waals surface area contributed by atoms with Crippen molar-refractivity contribution >= 4 is 0 Å². The second-order valence-corrected chi connectivity index (χ2v) is 5.84. The molecular weight excluding hydrogens is 180 g/mol. The predicted octanol–water partition coefficient (Wildman–Crippen LogP) is 4.91. The lowest BCUT2D eigenvalue weighted by molar-refractivity contribution is 0.207. The molecule has 0 heteroatoms. The highest BCUT2D eigenvalue weighted by atomic mass is 14.6. The Kier molecular flexibility index (Phi) is 4.03. The van der Waals surface area contributed by atoms with Crippen molar-refractivity contribution < 1.29 is 0 Å². The van der Waals surface area contributed by atoms with Gasteiger partial charge in [0, 0.05) is 0 Å². The first-order chi connectivity index (χ1) is 7.00. The van der Waals surface area contributed by atoms with Crippen LogP contribution in [0.3, 0.4) is 0 Å². The first-order valence-corrected chi connectivity index (χ1v) is 6.63. The smallest absolute Gasteiger partial charge is 0.0115 e. The zero-order valence-corrected chi connectivity index (χ0v) is 11.2. The van der Waals surface area contributed by atoms with E-state index in [9.17, 15) is 0 Å². The van der Waals surface area contributed by atoms with E-state index in [0.717, 1.165) is 23.7 Å². The van der Waals surface area contributed by atoms with Crippen LogP contribution < -0.4 is 0 Å². The van der Waals surface area contributed by atoms with E-state index in [1.807, 2.05) is 0 Å². The molecule has 1 aliphatic carbocycles. The van der Waals surface area contributed by atoms with Gasteiger partial charge in [0.1, 0.15) is 0 Å². The predicted molar refractivity (Wildman–Crippen MR) is 68.8 cm³/mol. The van der Waals surface area contributed by atoms with Gasteiger partial charge >= 0.3 is 0 Å². The SMILES string of the molecule is C=CC1(C)CC1C(C)C(CC)C(C)CC. The van der Waals surface area contributed by atoms with Gasteiger partial charge in [0.25, 0.3) is 0 Å². The van der Waals surface area contributed by atoms with Crippen molar-refractivity contribution in [3.8, 4) is 0 Å². The van der Waals surface area contributed by atoms with E-state index in [-0.39, 0.29) is 0 Å². The van der Waals surface area contributed by atoms with Gasteiger partial charge in [0.15, 0.2) is 0 Å². The Balaban J connectivity index is 2.59. The first-order valence-electron chi connectivity index (χ1n) is 6.63. The highest BCUT2D eigenvalue weighted by Gasteiger charge is 2.51. The van der Waals surface area contributed by atoms with Crippen molar-refractivity contribution in [1.82, 2.24) is 0 Å². The average Bonchev–Trinajstić information content (AvgIpc) is 2.92. The fourth-order valence-electron chi connectivity index (χ4n) is 3.33. The van der Waals surface area contributed by atoms with Crippen LogP contribution in [0.25, 0.3) is 0 Å². The molecule has 1 rings (SSSR count). The summed E-state index contributed by atoms with van der Waals surface area (Å²) in [7, 11) is 0. The molecule has 0 radical (unpaired) electrons. The summed E-state index contributed by atoms with van der Waals surface area (Å²) < 4.78 is 0. The molecule has 1 aliphatic rings. The van der Waals surface area contributed by atoms with Crippen molar-refractivity contribution in [3.05, 3.63) is 12.7 Å². The molecule has 0 aromatic rings. The summed E-state index contributed by atoms with van der Waals surface area (Å²) >= 11 is 0. The van der Waals surface area contributed by atoms with Gasteiger partial charge in [-0.15, -0.1) is 6.58 Å². The molecule has 0 amide bonds. The van der Waals surface area contributed by atoms with Crippen LogP contribution in [0, 0.1) is 29.1 Å². The van der Waals surface area contributed by atoms with Crippen molar-refractivity contribution in [1.29, 1.82) is 0 Å². The fourth-order valence-corrected chi connectivity index (χ4v) is 3.33. The number of hydrogen-bond acceptors (Lipinski definition) is 0. The Bertz CT molecular complexity index is 218. The molecule has 0 saturated heterocycles. The van der Waals surface area contributed by atoms with Crippen molar-refractivity contribution in [2.24, 2.45) is 29.1 Å². The second kappa shape index (κ2) is 4.72. The fraction of sp³-hybridized carbons (Fsp3) is 0.867. The topological polar surface area (TPSA) is 0 Å². The first kappa shape index (κ1) is 12.8. The second-order valence-electron chi connectivity index (χ2n) is 5.84. The van der Waals surface area contributed by atoms with E-state index in [4.69, 9.17) is 0 Å². The number of allylic oxidation sites excluding steroid dienone is 1. The van der Waals surface area contributed by atoms with E-state index >= 15 is 0 Å². The van der Waals surface area contributed by atoms with Gasteiger partial charge in [0.05, 0.1) is 0 Å². The quantitative estimate of drug-likeness (QED) is 0.544. The van der Waals surface area contributed by atoms with Crippen LogP contribution in [0.5, 0.6) is 0 Å². The van der Waals surface area contributed by atoms with Crippen LogP contribution in [-0.4, -0.2) is 0 Å². The maximum atomic E-state index is 3.98. The summed E-state index contributed by atoms with van der Waals surface area (Å²) in [6.45, 7) is 15.9. The minimum absolute atomic E-state index is 0.459. The van der Waals surface area contributed by atoms with Crippen LogP contribution in [0.2, 0.25) is 0 Å². The van der Waals surface area contributed by atoms with Gasteiger partial charge in [0.2, 0.25) is 0 Å². The highest BCUT2D eigenvalue weighted by molar-refractivity contribution is 5.11. The molecule has 0 aromatic heterocycles. The monoisotopic (exact) mass is 208 g/mol. The molecular formula is C15H28. The van der Waals surface area contributed by atoms with Crippen molar-refractivity contribution in [2.45, 2.75) is 53.9 Å². The van der Waals surface area contributed by atoms with Crippen LogP contribution in [0.4, 0.5) is 0 Å². The molecule has 1 saturated carbocycles. The summed E-state index contributed by atoms with van der Waals surface area (Å²) in [4.78, 5) is 0. The van der Waals surface area contributed by atoms with Crippen LogP contribution >= 0.6 is 0 Å². The average molecular weight is 208 g/mol. The van der Waals surface area contributed by atoms with Gasteiger partial charge in [-0.3, -0.25) is 0 Å². The van der Waals surface area contributed by atoms with Gasteiger partial charge in [-0.25, -0.2) is 0 Å². The van der Waals surface area contributed by atoms with E-state index in [1.54, 1.807) is 0 Å². The maximum absolute atomic E-state index is 3.98. The minimum atomic E-state index is 0.459. The third-order valence-electron chi connectivity index (χ3n) is 4.97. The summed E-state index contributed by atoms with van der Waals surface area (Å²) in [6.07, 6.45) is 6.20. The van der Waals surface area contributed by atoms with Crippen LogP contribution in [0.1, 0.15) is 53.9 Å². The van der Waals surface area contributed by atoms with Crippen LogP contribution in [-0.2, 0) is 0 Å². The Morgan fingerprint density at radius 3 is 2.27 bits per heavy atom. The molecule has 0 aromatic carbocycles. The molecule has 0 nitrogen and oxygen atoms in total. The molecule has 5 unspecified atom stereocenters. The van der Waals surface area contributed by atoms with Gasteiger partial charge in [-0.05, 0) is 35.5 Å². The molecule has 0 heterocycles. The summed E-state index contributed by atoms with van der Waals surface area (Å²) in [6, 6.07) is 0. The Hall–Kier alpha value is -0.260. The molecule has 88 valence electrons. The molecule has 0 aliphatic heterocycles. The summed E-state index contributed by atoms with van der Waals surface area (Å²) in [5.74, 6) is 3.54. The van der Waals surface area contributed by atoms with E-state index in [0.29, 0.717) is 5.41 Å². The van der Waals surface area contributed by atoms with Crippen LogP contribution in [0.15, 0.2) is 12.7 Å². The Morgan fingerprint density at radius 2 is 1.93 bits per heavy atom. The zero-order valence-electron chi connectivity index (χ0n) is 11.2. The Labute approximate surface area is 96.2 Å². The molecule has 1 fully saturated rings. The number of rotatable bonds is 6. The lowest BCUT2D eigenvalue weighted by Gasteiger charge is -2.29. The maximum Gasteiger partial charge on any atom is -0.0115 e. The standard InChI is InChI=1S/C15H28/c1-7-11(4)13(8-2)12(5)14-10-15(14,6)9-3/h9,11-14H,3,7-8,10H2,1-2,4-6H3. The van der Waals surface area contributed by atoms with Crippen molar-refractivity contribution in [2.75, 3.05) is 0 Å². The zero-order chi connectivity index (χ0) is 11.6. The Morgan fingerprint density at radius 1 is 1.33 bits per heavy atom. The van der Waals surface area contributed by atoms with E-state index < -0.39 is 0 Å². The lowest BCUT2D eigenvalue weighted by Crippen LogP contribution is -2.21. The summed E-state index contributed by atoms with van der Waals surface area (Å²) in [5, 5.41) is 0.